The smallest absolute Gasteiger partial charge is 0.136 e. The lowest BCUT2D eigenvalue weighted by atomic mass is 9.77. The van der Waals surface area contributed by atoms with Crippen molar-refractivity contribution in [2.24, 2.45) is 11.7 Å². The molecule has 0 saturated heterocycles. The van der Waals surface area contributed by atoms with Gasteiger partial charge in [-0.05, 0) is 54.8 Å². The molecule has 2 aromatic rings. The van der Waals surface area contributed by atoms with E-state index in [4.69, 9.17) is 10.7 Å². The standard InChI is InChI=1S/C17H19N3/c18-9-11-5-6-16-13(7-11)10-19-17(20-16)15-8-12-3-1-2-4-14(12)15/h1-4,10-11,15H,5-9,18H2. The van der Waals surface area contributed by atoms with Gasteiger partial charge < -0.3 is 5.73 Å². The summed E-state index contributed by atoms with van der Waals surface area (Å²) in [6.07, 6.45) is 6.40. The second-order valence-corrected chi connectivity index (χ2v) is 6.00. The molecule has 2 aliphatic rings. The lowest BCUT2D eigenvalue weighted by Gasteiger charge is -2.30. The molecule has 20 heavy (non-hydrogen) atoms. The van der Waals surface area contributed by atoms with Gasteiger partial charge in [0.05, 0.1) is 0 Å². The topological polar surface area (TPSA) is 51.8 Å². The van der Waals surface area contributed by atoms with Crippen LogP contribution in [0, 0.1) is 5.92 Å². The molecule has 2 atom stereocenters. The van der Waals surface area contributed by atoms with E-state index in [-0.39, 0.29) is 0 Å². The van der Waals surface area contributed by atoms with Gasteiger partial charge in [-0.3, -0.25) is 0 Å². The second kappa shape index (κ2) is 4.67. The summed E-state index contributed by atoms with van der Waals surface area (Å²) >= 11 is 0. The molecule has 0 spiro atoms. The molecule has 2 aliphatic carbocycles. The molecule has 0 bridgehead atoms. The van der Waals surface area contributed by atoms with Gasteiger partial charge >= 0.3 is 0 Å². The third-order valence-electron chi connectivity index (χ3n) is 4.77. The van der Waals surface area contributed by atoms with Gasteiger partial charge in [-0.15, -0.1) is 0 Å². The van der Waals surface area contributed by atoms with Crippen molar-refractivity contribution < 1.29 is 0 Å². The lowest BCUT2D eigenvalue weighted by Crippen LogP contribution is -2.25. The number of rotatable bonds is 2. The van der Waals surface area contributed by atoms with E-state index in [1.165, 1.54) is 28.8 Å². The van der Waals surface area contributed by atoms with Crippen molar-refractivity contribution in [3.63, 3.8) is 0 Å². The molecule has 102 valence electrons. The summed E-state index contributed by atoms with van der Waals surface area (Å²) in [7, 11) is 0. The van der Waals surface area contributed by atoms with E-state index in [9.17, 15) is 0 Å². The highest BCUT2D eigenvalue weighted by molar-refractivity contribution is 5.44. The predicted octanol–water partition coefficient (Wildman–Crippen LogP) is 2.23. The Morgan fingerprint density at radius 2 is 2.05 bits per heavy atom. The molecule has 2 unspecified atom stereocenters. The first kappa shape index (κ1) is 12.0. The normalized spacial score (nSPS) is 23.6. The van der Waals surface area contributed by atoms with E-state index in [1.807, 2.05) is 6.20 Å². The van der Waals surface area contributed by atoms with E-state index in [1.54, 1.807) is 0 Å². The van der Waals surface area contributed by atoms with Crippen LogP contribution in [0.3, 0.4) is 0 Å². The van der Waals surface area contributed by atoms with Gasteiger partial charge in [0.15, 0.2) is 0 Å². The van der Waals surface area contributed by atoms with Crippen LogP contribution in [-0.4, -0.2) is 16.5 Å². The van der Waals surface area contributed by atoms with E-state index in [2.05, 4.69) is 29.2 Å². The molecule has 3 nitrogen and oxygen atoms in total. The molecule has 0 amide bonds. The minimum Gasteiger partial charge on any atom is -0.330 e. The highest BCUT2D eigenvalue weighted by atomic mass is 14.9. The van der Waals surface area contributed by atoms with Crippen molar-refractivity contribution in [3.05, 3.63) is 58.7 Å². The van der Waals surface area contributed by atoms with Crippen LogP contribution in [0.25, 0.3) is 0 Å². The number of hydrogen-bond donors (Lipinski definition) is 1. The average molecular weight is 265 g/mol. The Morgan fingerprint density at radius 1 is 1.15 bits per heavy atom. The molecular weight excluding hydrogens is 246 g/mol. The fraction of sp³-hybridized carbons (Fsp3) is 0.412. The molecule has 0 radical (unpaired) electrons. The van der Waals surface area contributed by atoms with E-state index in [0.717, 1.165) is 31.6 Å². The van der Waals surface area contributed by atoms with E-state index in [0.29, 0.717) is 11.8 Å². The van der Waals surface area contributed by atoms with Crippen LogP contribution in [-0.2, 0) is 19.3 Å². The van der Waals surface area contributed by atoms with Gasteiger partial charge in [-0.2, -0.15) is 0 Å². The van der Waals surface area contributed by atoms with Gasteiger partial charge in [-0.25, -0.2) is 9.97 Å². The van der Waals surface area contributed by atoms with Crippen molar-refractivity contribution in [1.29, 1.82) is 0 Å². The number of benzene rings is 1. The highest BCUT2D eigenvalue weighted by Gasteiger charge is 2.30. The molecular formula is C17H19N3. The summed E-state index contributed by atoms with van der Waals surface area (Å²) in [5.74, 6) is 2.03. The molecule has 4 rings (SSSR count). The Hall–Kier alpha value is -1.74. The number of fused-ring (bicyclic) bond motifs is 2. The summed E-state index contributed by atoms with van der Waals surface area (Å²) < 4.78 is 0. The summed E-state index contributed by atoms with van der Waals surface area (Å²) in [4.78, 5) is 9.48. The molecule has 1 heterocycles. The van der Waals surface area contributed by atoms with Gasteiger partial charge in [0, 0.05) is 17.8 Å². The van der Waals surface area contributed by atoms with Gasteiger partial charge in [0.25, 0.3) is 0 Å². The average Bonchev–Trinajstić information content (AvgIpc) is 2.48. The quantitative estimate of drug-likeness (QED) is 0.906. The maximum atomic E-state index is 5.78. The van der Waals surface area contributed by atoms with Gasteiger partial charge in [0.1, 0.15) is 5.82 Å². The highest BCUT2D eigenvalue weighted by Crippen LogP contribution is 2.38. The Labute approximate surface area is 119 Å². The molecule has 0 fully saturated rings. The van der Waals surface area contributed by atoms with Crippen LogP contribution in [0.5, 0.6) is 0 Å². The molecule has 3 heteroatoms. The third kappa shape index (κ3) is 1.85. The van der Waals surface area contributed by atoms with E-state index < -0.39 is 0 Å². The van der Waals surface area contributed by atoms with Crippen molar-refractivity contribution in [2.45, 2.75) is 31.6 Å². The Bertz CT molecular complexity index is 650. The zero-order valence-electron chi connectivity index (χ0n) is 11.5. The monoisotopic (exact) mass is 265 g/mol. The molecule has 0 saturated carbocycles. The molecule has 1 aromatic carbocycles. The summed E-state index contributed by atoms with van der Waals surface area (Å²) in [5, 5.41) is 0. The Kier molecular flexibility index (Phi) is 2.81. The SMILES string of the molecule is NCC1CCc2nc(C3Cc4ccccc43)ncc2C1. The maximum absolute atomic E-state index is 5.78. The third-order valence-corrected chi connectivity index (χ3v) is 4.77. The van der Waals surface area contributed by atoms with Crippen molar-refractivity contribution in [2.75, 3.05) is 6.54 Å². The minimum absolute atomic E-state index is 0.406. The fourth-order valence-corrected chi connectivity index (χ4v) is 3.46. The molecule has 1 aromatic heterocycles. The zero-order valence-corrected chi connectivity index (χ0v) is 11.5. The Balaban J connectivity index is 1.63. The summed E-state index contributed by atoms with van der Waals surface area (Å²) in [5.41, 5.74) is 11.2. The van der Waals surface area contributed by atoms with Crippen molar-refractivity contribution in [3.8, 4) is 0 Å². The Morgan fingerprint density at radius 3 is 2.90 bits per heavy atom. The number of nitrogens with zero attached hydrogens (tertiary/aromatic N) is 2. The molecule has 2 N–H and O–H groups in total. The minimum atomic E-state index is 0.406. The first-order valence-electron chi connectivity index (χ1n) is 7.47. The van der Waals surface area contributed by atoms with Crippen molar-refractivity contribution >= 4 is 0 Å². The van der Waals surface area contributed by atoms with Gasteiger partial charge in [-0.1, -0.05) is 24.3 Å². The van der Waals surface area contributed by atoms with Crippen LogP contribution < -0.4 is 5.73 Å². The van der Waals surface area contributed by atoms with Crippen LogP contribution in [0.1, 0.15) is 40.5 Å². The largest absolute Gasteiger partial charge is 0.330 e. The number of hydrogen-bond acceptors (Lipinski definition) is 3. The zero-order chi connectivity index (χ0) is 13.5. The van der Waals surface area contributed by atoms with Crippen LogP contribution in [0.4, 0.5) is 0 Å². The van der Waals surface area contributed by atoms with Gasteiger partial charge in [0.2, 0.25) is 0 Å². The first-order chi connectivity index (χ1) is 9.85. The molecule has 0 aliphatic heterocycles. The lowest BCUT2D eigenvalue weighted by molar-refractivity contribution is 0.458. The van der Waals surface area contributed by atoms with Crippen LogP contribution in [0.15, 0.2) is 30.5 Å². The van der Waals surface area contributed by atoms with E-state index >= 15 is 0 Å². The van der Waals surface area contributed by atoms with Crippen LogP contribution >= 0.6 is 0 Å². The second-order valence-electron chi connectivity index (χ2n) is 6.00. The number of aryl methyl sites for hydroxylation is 1. The number of nitrogens with two attached hydrogens (primary N) is 1. The van der Waals surface area contributed by atoms with Crippen LogP contribution in [0.2, 0.25) is 0 Å². The number of aromatic nitrogens is 2. The maximum Gasteiger partial charge on any atom is 0.136 e. The summed E-state index contributed by atoms with van der Waals surface area (Å²) in [6.45, 7) is 0.775. The first-order valence-corrected chi connectivity index (χ1v) is 7.47. The fourth-order valence-electron chi connectivity index (χ4n) is 3.46. The predicted molar refractivity (Wildman–Crippen MR) is 78.6 cm³/mol. The summed E-state index contributed by atoms with van der Waals surface area (Å²) in [6, 6.07) is 8.62. The van der Waals surface area contributed by atoms with Crippen molar-refractivity contribution in [1.82, 2.24) is 9.97 Å².